The molecule has 0 aliphatic heterocycles. The summed E-state index contributed by atoms with van der Waals surface area (Å²) < 4.78 is 0. The topological polar surface area (TPSA) is 32.9 Å². The van der Waals surface area contributed by atoms with E-state index in [4.69, 9.17) is 11.6 Å². The number of rotatable bonds is 1. The normalized spacial score (nSPS) is 10.9. The first-order valence-corrected chi connectivity index (χ1v) is 5.32. The van der Waals surface area contributed by atoms with Crippen molar-refractivity contribution in [3.8, 4) is 0 Å². The summed E-state index contributed by atoms with van der Waals surface area (Å²) in [5, 5.41) is 1.26. The lowest BCUT2D eigenvalue weighted by atomic mass is 10.1. The van der Waals surface area contributed by atoms with Crippen molar-refractivity contribution in [2.24, 2.45) is 0 Å². The number of aryl methyl sites for hydroxylation is 1. The van der Waals surface area contributed by atoms with E-state index in [2.05, 4.69) is 4.98 Å². The third kappa shape index (κ3) is 1.65. The molecule has 1 aromatic heterocycles. The minimum absolute atomic E-state index is 0.0723. The zero-order valence-corrected chi connectivity index (χ0v) is 9.48. The Morgan fingerprint density at radius 2 is 2.13 bits per heavy atom. The Bertz CT molecular complexity index is 572. The molecule has 3 heteroatoms. The molecule has 0 unspecified atom stereocenters. The number of H-pyrrole nitrogens is 1. The van der Waals surface area contributed by atoms with Gasteiger partial charge < -0.3 is 4.98 Å². The minimum atomic E-state index is 0.0723. The van der Waals surface area contributed by atoms with Crippen molar-refractivity contribution in [1.82, 2.24) is 4.98 Å². The van der Waals surface area contributed by atoms with Crippen LogP contribution in [-0.4, -0.2) is 4.98 Å². The lowest BCUT2D eigenvalue weighted by Gasteiger charge is -2.06. The molecule has 15 heavy (non-hydrogen) atoms. The van der Waals surface area contributed by atoms with E-state index in [9.17, 15) is 4.79 Å². The van der Waals surface area contributed by atoms with Gasteiger partial charge in [0.1, 0.15) is 0 Å². The average molecular weight is 222 g/mol. The maximum absolute atomic E-state index is 12.0. The summed E-state index contributed by atoms with van der Waals surface area (Å²) in [6, 6.07) is 5.34. The van der Waals surface area contributed by atoms with E-state index in [1.165, 1.54) is 0 Å². The van der Waals surface area contributed by atoms with Crippen molar-refractivity contribution in [2.75, 3.05) is 0 Å². The summed E-state index contributed by atoms with van der Waals surface area (Å²) in [5.74, 6) is 0. The van der Waals surface area contributed by atoms with Gasteiger partial charge in [0, 0.05) is 27.2 Å². The fourth-order valence-corrected chi connectivity index (χ4v) is 1.93. The first kappa shape index (κ1) is 10.2. The Labute approximate surface area is 92.9 Å². The molecule has 0 radical (unpaired) electrons. The van der Waals surface area contributed by atoms with Gasteiger partial charge in [-0.2, -0.15) is 0 Å². The highest BCUT2D eigenvalue weighted by molar-refractivity contribution is 6.31. The highest BCUT2D eigenvalue weighted by atomic mass is 35.5. The summed E-state index contributed by atoms with van der Waals surface area (Å²) >= 11 is 5.86. The summed E-state index contributed by atoms with van der Waals surface area (Å²) in [5.41, 5.74) is 2.71. The van der Waals surface area contributed by atoms with Crippen LogP contribution in [0.5, 0.6) is 0 Å². The molecular formula is C12H12ClNO. The Balaban J connectivity index is 2.91. The molecule has 0 atom stereocenters. The largest absolute Gasteiger partial charge is 0.358 e. The van der Waals surface area contributed by atoms with Crippen LogP contribution in [0, 0.1) is 6.92 Å². The van der Waals surface area contributed by atoms with E-state index in [1.54, 1.807) is 12.1 Å². The summed E-state index contributed by atoms with van der Waals surface area (Å²) in [7, 11) is 0. The fourth-order valence-electron chi connectivity index (χ4n) is 1.76. The predicted octanol–water partition coefficient (Wildman–Crippen LogP) is 3.05. The van der Waals surface area contributed by atoms with Crippen molar-refractivity contribution in [2.45, 2.75) is 20.3 Å². The summed E-state index contributed by atoms with van der Waals surface area (Å²) in [6.45, 7) is 3.87. The van der Waals surface area contributed by atoms with Crippen LogP contribution in [0.2, 0.25) is 5.02 Å². The second-order valence-electron chi connectivity index (χ2n) is 3.60. The molecule has 0 aliphatic rings. The Morgan fingerprint density at radius 1 is 1.40 bits per heavy atom. The highest BCUT2D eigenvalue weighted by Gasteiger charge is 2.06. The second kappa shape index (κ2) is 3.70. The van der Waals surface area contributed by atoms with E-state index in [0.29, 0.717) is 10.4 Å². The van der Waals surface area contributed by atoms with Crippen LogP contribution in [0.25, 0.3) is 10.9 Å². The predicted molar refractivity (Wildman–Crippen MR) is 63.7 cm³/mol. The van der Waals surface area contributed by atoms with Crippen LogP contribution in [0.4, 0.5) is 0 Å². The molecule has 1 heterocycles. The maximum Gasteiger partial charge on any atom is 0.192 e. The lowest BCUT2D eigenvalue weighted by molar-refractivity contribution is 1.02. The SMILES string of the molecule is CCc1[nH]c2ccc(Cl)cc2c(=O)c1C. The molecular weight excluding hydrogens is 210 g/mol. The fraction of sp³-hybridized carbons (Fsp3) is 0.250. The molecule has 0 saturated carbocycles. The van der Waals surface area contributed by atoms with Crippen molar-refractivity contribution >= 4 is 22.5 Å². The van der Waals surface area contributed by atoms with Gasteiger partial charge in [-0.15, -0.1) is 0 Å². The molecule has 0 fully saturated rings. The number of hydrogen-bond donors (Lipinski definition) is 1. The van der Waals surface area contributed by atoms with Gasteiger partial charge in [0.2, 0.25) is 0 Å². The van der Waals surface area contributed by atoms with Gasteiger partial charge in [-0.1, -0.05) is 18.5 Å². The van der Waals surface area contributed by atoms with E-state index in [1.807, 2.05) is 19.9 Å². The Kier molecular flexibility index (Phi) is 2.53. The monoisotopic (exact) mass is 221 g/mol. The van der Waals surface area contributed by atoms with Gasteiger partial charge in [0.15, 0.2) is 5.43 Å². The molecule has 78 valence electrons. The van der Waals surface area contributed by atoms with Crippen molar-refractivity contribution < 1.29 is 0 Å². The first-order valence-electron chi connectivity index (χ1n) is 4.94. The molecule has 0 amide bonds. The van der Waals surface area contributed by atoms with Crippen molar-refractivity contribution in [1.29, 1.82) is 0 Å². The van der Waals surface area contributed by atoms with Crippen LogP contribution in [0.1, 0.15) is 18.2 Å². The molecule has 2 rings (SSSR count). The molecule has 1 N–H and O–H groups in total. The first-order chi connectivity index (χ1) is 7.13. The molecule has 0 saturated heterocycles. The zero-order valence-electron chi connectivity index (χ0n) is 8.73. The quantitative estimate of drug-likeness (QED) is 0.789. The van der Waals surface area contributed by atoms with Gasteiger partial charge in [-0.3, -0.25) is 4.79 Å². The Morgan fingerprint density at radius 3 is 2.80 bits per heavy atom. The van der Waals surface area contributed by atoms with Crippen LogP contribution < -0.4 is 5.43 Å². The van der Waals surface area contributed by atoms with E-state index in [-0.39, 0.29) is 5.43 Å². The standard InChI is InChI=1S/C12H12ClNO/c1-3-10-7(2)12(15)9-6-8(13)4-5-11(9)14-10/h4-6H,3H2,1-2H3,(H,14,15). The molecule has 0 spiro atoms. The number of pyridine rings is 1. The van der Waals surface area contributed by atoms with Gasteiger partial charge in [0.25, 0.3) is 0 Å². The summed E-state index contributed by atoms with van der Waals surface area (Å²) in [4.78, 5) is 15.2. The highest BCUT2D eigenvalue weighted by Crippen LogP contribution is 2.16. The maximum atomic E-state index is 12.0. The molecule has 2 nitrogen and oxygen atoms in total. The number of aromatic amines is 1. The minimum Gasteiger partial charge on any atom is -0.358 e. The number of halogens is 1. The molecule has 0 aliphatic carbocycles. The number of benzene rings is 1. The second-order valence-corrected chi connectivity index (χ2v) is 4.04. The molecule has 0 bridgehead atoms. The van der Waals surface area contributed by atoms with E-state index in [0.717, 1.165) is 23.2 Å². The summed E-state index contributed by atoms with van der Waals surface area (Å²) in [6.07, 6.45) is 0.833. The zero-order chi connectivity index (χ0) is 11.0. The number of hydrogen-bond acceptors (Lipinski definition) is 1. The van der Waals surface area contributed by atoms with Crippen LogP contribution >= 0.6 is 11.6 Å². The number of nitrogens with one attached hydrogen (secondary N) is 1. The van der Waals surface area contributed by atoms with Gasteiger partial charge in [-0.25, -0.2) is 0 Å². The molecule has 1 aromatic carbocycles. The lowest BCUT2D eigenvalue weighted by Crippen LogP contribution is -2.11. The number of aromatic nitrogens is 1. The molecule has 2 aromatic rings. The van der Waals surface area contributed by atoms with Crippen molar-refractivity contribution in [3.05, 3.63) is 44.7 Å². The number of fused-ring (bicyclic) bond motifs is 1. The van der Waals surface area contributed by atoms with Gasteiger partial charge in [-0.05, 0) is 31.5 Å². The van der Waals surface area contributed by atoms with Crippen LogP contribution in [0.15, 0.2) is 23.0 Å². The van der Waals surface area contributed by atoms with Crippen LogP contribution in [-0.2, 0) is 6.42 Å². The van der Waals surface area contributed by atoms with Crippen molar-refractivity contribution in [3.63, 3.8) is 0 Å². The average Bonchev–Trinajstić information content (AvgIpc) is 2.24. The smallest absolute Gasteiger partial charge is 0.192 e. The van der Waals surface area contributed by atoms with E-state index >= 15 is 0 Å². The van der Waals surface area contributed by atoms with Gasteiger partial charge in [0.05, 0.1) is 0 Å². The van der Waals surface area contributed by atoms with E-state index < -0.39 is 0 Å². The van der Waals surface area contributed by atoms with Crippen LogP contribution in [0.3, 0.4) is 0 Å². The third-order valence-electron chi connectivity index (χ3n) is 2.66. The van der Waals surface area contributed by atoms with Gasteiger partial charge >= 0.3 is 0 Å². The third-order valence-corrected chi connectivity index (χ3v) is 2.89. The Hall–Kier alpha value is -1.28.